The Labute approximate surface area is 217 Å². The monoisotopic (exact) mass is 502 g/mol. The second-order valence-corrected chi connectivity index (χ2v) is 10.2. The summed E-state index contributed by atoms with van der Waals surface area (Å²) in [6, 6.07) is 13.2. The topological polar surface area (TPSA) is 133 Å². The quantitative estimate of drug-likeness (QED) is 0.280. The predicted octanol–water partition coefficient (Wildman–Crippen LogP) is 4.36. The van der Waals surface area contributed by atoms with Crippen LogP contribution in [0.25, 0.3) is 55.9 Å². The molecule has 10 nitrogen and oxygen atoms in total. The molecule has 0 amide bonds. The van der Waals surface area contributed by atoms with Crippen molar-refractivity contribution in [2.45, 2.75) is 37.8 Å². The average molecular weight is 503 g/mol. The standard InChI is InChI=1S/C28H26N10/c1-3-19(29-9-1)23-35-25-27(37-23)33-21(13-31-25)17-7-5-16-12-18(8-6-15(16)11-17)22-14-32-26-28(34-22)38-24(36-26)20-4-2-10-30-20/h5-8,11-14,19-20,29-30H,1-4,9-10H2,(H,31,33,35,37)(H,32,34,36,38). The Morgan fingerprint density at radius 1 is 0.605 bits per heavy atom. The molecule has 2 saturated heterocycles. The first-order chi connectivity index (χ1) is 18.8. The van der Waals surface area contributed by atoms with Gasteiger partial charge in [0.25, 0.3) is 0 Å². The molecule has 0 radical (unpaired) electrons. The maximum absolute atomic E-state index is 4.83. The SMILES string of the molecule is c1cc2cc(-c3cnc4nc(C5CCCN5)[nH]c4n3)ccc2cc1-c1cnc2nc(C3CCCN3)[nH]c2n1. The second kappa shape index (κ2) is 8.64. The van der Waals surface area contributed by atoms with Crippen LogP contribution < -0.4 is 10.6 Å². The van der Waals surface area contributed by atoms with Gasteiger partial charge in [-0.25, -0.2) is 29.9 Å². The van der Waals surface area contributed by atoms with E-state index in [4.69, 9.17) is 9.97 Å². The van der Waals surface area contributed by atoms with Crippen molar-refractivity contribution in [3.8, 4) is 22.5 Å². The van der Waals surface area contributed by atoms with Gasteiger partial charge in [-0.1, -0.05) is 24.3 Å². The lowest BCUT2D eigenvalue weighted by molar-refractivity contribution is 0.614. The third kappa shape index (κ3) is 3.72. The van der Waals surface area contributed by atoms with E-state index in [9.17, 15) is 0 Å². The highest BCUT2D eigenvalue weighted by molar-refractivity contribution is 5.90. The van der Waals surface area contributed by atoms with Crippen LogP contribution in [-0.2, 0) is 0 Å². The molecule has 4 aromatic heterocycles. The number of imidazole rings is 2. The van der Waals surface area contributed by atoms with E-state index < -0.39 is 0 Å². The Morgan fingerprint density at radius 3 is 1.55 bits per heavy atom. The van der Waals surface area contributed by atoms with Gasteiger partial charge in [-0.3, -0.25) is 0 Å². The van der Waals surface area contributed by atoms with Crippen LogP contribution in [0.15, 0.2) is 48.8 Å². The smallest absolute Gasteiger partial charge is 0.197 e. The number of fused-ring (bicyclic) bond motifs is 3. The summed E-state index contributed by atoms with van der Waals surface area (Å²) in [4.78, 5) is 34.8. The number of H-pyrrole nitrogens is 2. The van der Waals surface area contributed by atoms with E-state index in [1.54, 1.807) is 12.4 Å². The van der Waals surface area contributed by atoms with Crippen LogP contribution in [0.2, 0.25) is 0 Å². The summed E-state index contributed by atoms with van der Waals surface area (Å²) < 4.78 is 0. The van der Waals surface area contributed by atoms with Crippen LogP contribution in [0.4, 0.5) is 0 Å². The van der Waals surface area contributed by atoms with Crippen molar-refractivity contribution in [1.29, 1.82) is 0 Å². The van der Waals surface area contributed by atoms with Crippen LogP contribution in [0.3, 0.4) is 0 Å². The van der Waals surface area contributed by atoms with Crippen molar-refractivity contribution >= 4 is 33.4 Å². The van der Waals surface area contributed by atoms with Gasteiger partial charge < -0.3 is 20.6 Å². The minimum absolute atomic E-state index is 0.259. The van der Waals surface area contributed by atoms with Crippen molar-refractivity contribution in [2.24, 2.45) is 0 Å². The van der Waals surface area contributed by atoms with E-state index in [2.05, 4.69) is 76.9 Å². The number of hydrogen-bond donors (Lipinski definition) is 4. The number of hydrogen-bond acceptors (Lipinski definition) is 8. The van der Waals surface area contributed by atoms with Gasteiger partial charge in [-0.15, -0.1) is 0 Å². The van der Waals surface area contributed by atoms with Crippen LogP contribution >= 0.6 is 0 Å². The maximum atomic E-state index is 4.83. The van der Waals surface area contributed by atoms with E-state index in [1.165, 1.54) is 0 Å². The van der Waals surface area contributed by atoms with Crippen LogP contribution in [0.1, 0.15) is 49.4 Å². The molecule has 2 aromatic carbocycles. The van der Waals surface area contributed by atoms with Crippen molar-refractivity contribution < 1.29 is 0 Å². The van der Waals surface area contributed by atoms with Crippen molar-refractivity contribution in [2.75, 3.05) is 13.1 Å². The van der Waals surface area contributed by atoms with E-state index in [0.717, 1.165) is 95.0 Å². The molecule has 6 heterocycles. The van der Waals surface area contributed by atoms with Gasteiger partial charge in [-0.05, 0) is 61.7 Å². The van der Waals surface area contributed by atoms with Gasteiger partial charge in [0.05, 0.1) is 35.9 Å². The zero-order chi connectivity index (χ0) is 25.1. The van der Waals surface area contributed by atoms with Gasteiger partial charge in [0.1, 0.15) is 11.6 Å². The van der Waals surface area contributed by atoms with Crippen molar-refractivity contribution in [3.05, 3.63) is 60.4 Å². The fourth-order valence-electron chi connectivity index (χ4n) is 5.63. The largest absolute Gasteiger partial charge is 0.324 e. The van der Waals surface area contributed by atoms with Crippen molar-refractivity contribution in [3.63, 3.8) is 0 Å². The summed E-state index contributed by atoms with van der Waals surface area (Å²) in [5, 5.41) is 9.19. The van der Waals surface area contributed by atoms with Gasteiger partial charge in [-0.2, -0.15) is 0 Å². The molecule has 0 aliphatic carbocycles. The van der Waals surface area contributed by atoms with Gasteiger partial charge in [0.2, 0.25) is 0 Å². The molecule has 2 atom stereocenters. The zero-order valence-electron chi connectivity index (χ0n) is 20.7. The first-order valence-electron chi connectivity index (χ1n) is 13.2. The molecule has 0 bridgehead atoms. The number of nitrogens with one attached hydrogen (secondary N) is 4. The van der Waals surface area contributed by atoms with E-state index in [1.807, 2.05) is 0 Å². The predicted molar refractivity (Wildman–Crippen MR) is 145 cm³/mol. The first-order valence-corrected chi connectivity index (χ1v) is 13.2. The number of nitrogens with zero attached hydrogens (tertiary/aromatic N) is 6. The maximum Gasteiger partial charge on any atom is 0.197 e. The highest BCUT2D eigenvalue weighted by Crippen LogP contribution is 2.29. The average Bonchev–Trinajstić information content (AvgIpc) is 3.77. The molecule has 2 fully saturated rings. The molecule has 2 aliphatic rings. The molecule has 8 rings (SSSR count). The first kappa shape index (κ1) is 21.8. The molecule has 2 aliphatic heterocycles. The summed E-state index contributed by atoms with van der Waals surface area (Å²) in [6.45, 7) is 2.05. The summed E-state index contributed by atoms with van der Waals surface area (Å²) >= 11 is 0. The molecule has 2 unspecified atom stereocenters. The summed E-state index contributed by atoms with van der Waals surface area (Å²) in [5.74, 6) is 1.84. The molecular weight excluding hydrogens is 476 g/mol. The lowest BCUT2D eigenvalue weighted by atomic mass is 10.0. The normalized spacial score (nSPS) is 19.8. The molecule has 4 N–H and O–H groups in total. The minimum Gasteiger partial charge on any atom is -0.324 e. The molecule has 10 heteroatoms. The Kier molecular flexibility index (Phi) is 4.95. The zero-order valence-corrected chi connectivity index (χ0v) is 20.7. The fourth-order valence-corrected chi connectivity index (χ4v) is 5.63. The van der Waals surface area contributed by atoms with E-state index >= 15 is 0 Å². The lowest BCUT2D eigenvalue weighted by Crippen LogP contribution is -2.14. The van der Waals surface area contributed by atoms with Crippen LogP contribution in [-0.4, -0.2) is 53.0 Å². The summed E-state index contributed by atoms with van der Waals surface area (Å²) in [7, 11) is 0. The Morgan fingerprint density at radius 2 is 1.11 bits per heavy atom. The molecule has 188 valence electrons. The number of aromatic nitrogens is 8. The highest BCUT2D eigenvalue weighted by Gasteiger charge is 2.21. The van der Waals surface area contributed by atoms with Gasteiger partial charge in [0.15, 0.2) is 22.6 Å². The Balaban J connectivity index is 1.10. The minimum atomic E-state index is 0.259. The van der Waals surface area contributed by atoms with E-state index in [0.29, 0.717) is 11.3 Å². The lowest BCUT2D eigenvalue weighted by Gasteiger charge is -2.06. The van der Waals surface area contributed by atoms with Gasteiger partial charge in [0, 0.05) is 11.1 Å². The molecule has 6 aromatic rings. The van der Waals surface area contributed by atoms with Crippen LogP contribution in [0.5, 0.6) is 0 Å². The van der Waals surface area contributed by atoms with Crippen LogP contribution in [0, 0.1) is 0 Å². The third-order valence-electron chi connectivity index (χ3n) is 7.66. The molecule has 38 heavy (non-hydrogen) atoms. The molecule has 0 saturated carbocycles. The second-order valence-electron chi connectivity index (χ2n) is 10.2. The van der Waals surface area contributed by atoms with Gasteiger partial charge >= 0.3 is 0 Å². The number of rotatable bonds is 4. The summed E-state index contributed by atoms with van der Waals surface area (Å²) in [5.41, 5.74) is 6.43. The summed E-state index contributed by atoms with van der Waals surface area (Å²) in [6.07, 6.45) is 8.09. The molecule has 0 spiro atoms. The Bertz CT molecular complexity index is 1670. The molecular formula is C28H26N10. The number of benzene rings is 2. The fraction of sp³-hybridized carbons (Fsp3) is 0.286. The van der Waals surface area contributed by atoms with E-state index in [-0.39, 0.29) is 12.1 Å². The number of aromatic amines is 2. The highest BCUT2D eigenvalue weighted by atomic mass is 15.1. The third-order valence-corrected chi connectivity index (χ3v) is 7.66. The Hall–Kier alpha value is -4.28. The van der Waals surface area contributed by atoms with Crippen molar-refractivity contribution in [1.82, 2.24) is 50.5 Å².